The summed E-state index contributed by atoms with van der Waals surface area (Å²) in [6.07, 6.45) is 1.41. The molecule has 33 heavy (non-hydrogen) atoms. The minimum atomic E-state index is -0.865. The van der Waals surface area contributed by atoms with E-state index < -0.39 is 11.0 Å². The van der Waals surface area contributed by atoms with Gasteiger partial charge in [0.15, 0.2) is 5.96 Å². The van der Waals surface area contributed by atoms with Crippen molar-refractivity contribution in [3.8, 4) is 22.9 Å². The number of nitriles is 1. The van der Waals surface area contributed by atoms with Crippen LogP contribution in [0.2, 0.25) is 0 Å². The number of benzene rings is 2. The van der Waals surface area contributed by atoms with Crippen molar-refractivity contribution in [2.75, 3.05) is 14.2 Å². The summed E-state index contributed by atoms with van der Waals surface area (Å²) < 4.78 is 5.42. The summed E-state index contributed by atoms with van der Waals surface area (Å²) in [7, 11) is 3.34. The predicted octanol–water partition coefficient (Wildman–Crippen LogP) is 4.18. The number of rotatable bonds is 3. The maximum atomic E-state index is 13.9. The third kappa shape index (κ3) is 2.91. The first-order chi connectivity index (χ1) is 15.8. The van der Waals surface area contributed by atoms with Gasteiger partial charge < -0.3 is 10.5 Å². The second-order valence-corrected chi connectivity index (χ2v) is 9.64. The molecule has 6 nitrogen and oxygen atoms in total. The van der Waals surface area contributed by atoms with Crippen molar-refractivity contribution in [1.29, 1.82) is 5.26 Å². The number of carbonyl (C=O) groups excluding carboxylic acids is 1. The number of hydrogen-bond acceptors (Lipinski definition) is 6. The maximum absolute atomic E-state index is 13.9. The summed E-state index contributed by atoms with van der Waals surface area (Å²) in [6, 6.07) is 17.7. The van der Waals surface area contributed by atoms with Gasteiger partial charge in [0, 0.05) is 11.9 Å². The highest BCUT2D eigenvalue weighted by Crippen LogP contribution is 2.57. The van der Waals surface area contributed by atoms with Crippen molar-refractivity contribution in [2.24, 2.45) is 10.7 Å². The third-order valence-corrected chi connectivity index (χ3v) is 8.27. The molecule has 2 unspecified atom stereocenters. The van der Waals surface area contributed by atoms with Crippen LogP contribution in [0, 0.1) is 11.3 Å². The van der Waals surface area contributed by atoms with Crippen molar-refractivity contribution in [3.63, 3.8) is 0 Å². The molecule has 1 aliphatic heterocycles. The van der Waals surface area contributed by atoms with E-state index >= 15 is 0 Å². The number of fused-ring (bicyclic) bond motifs is 2. The number of ether oxygens (including phenoxy) is 1. The number of aryl methyl sites for hydroxylation is 1. The summed E-state index contributed by atoms with van der Waals surface area (Å²) in [4.78, 5) is 21.3. The number of thiophene rings is 1. The zero-order valence-electron chi connectivity index (χ0n) is 18.8. The van der Waals surface area contributed by atoms with Crippen LogP contribution in [0.3, 0.4) is 0 Å². The maximum Gasteiger partial charge on any atom is 0.242 e. The molecular formula is C26H24N4O2S. The Morgan fingerprint density at radius 3 is 2.79 bits per heavy atom. The van der Waals surface area contributed by atoms with E-state index in [-0.39, 0.29) is 11.9 Å². The predicted molar refractivity (Wildman–Crippen MR) is 129 cm³/mol. The Morgan fingerprint density at radius 1 is 1.21 bits per heavy atom. The van der Waals surface area contributed by atoms with Gasteiger partial charge in [0.25, 0.3) is 0 Å². The number of methoxy groups -OCH3 is 1. The van der Waals surface area contributed by atoms with Gasteiger partial charge in [-0.3, -0.25) is 9.69 Å². The van der Waals surface area contributed by atoms with E-state index in [9.17, 15) is 10.1 Å². The summed E-state index contributed by atoms with van der Waals surface area (Å²) in [6.45, 7) is 2.02. The Balaban J connectivity index is 1.70. The number of carbonyl (C=O) groups is 1. The smallest absolute Gasteiger partial charge is 0.242 e. The summed E-state index contributed by atoms with van der Waals surface area (Å²) in [5.74, 6) is 0.960. The molecule has 166 valence electrons. The molecule has 1 aromatic heterocycles. The van der Waals surface area contributed by atoms with Gasteiger partial charge >= 0.3 is 0 Å². The van der Waals surface area contributed by atoms with Crippen LogP contribution in [0.1, 0.15) is 34.9 Å². The molecule has 2 aromatic carbocycles. The molecule has 0 saturated carbocycles. The second kappa shape index (κ2) is 7.46. The van der Waals surface area contributed by atoms with Crippen LogP contribution in [0.4, 0.5) is 0 Å². The zero-order valence-corrected chi connectivity index (χ0v) is 19.6. The van der Waals surface area contributed by atoms with E-state index in [1.807, 2.05) is 43.3 Å². The highest BCUT2D eigenvalue weighted by atomic mass is 32.1. The molecule has 2 heterocycles. The third-order valence-electron chi connectivity index (χ3n) is 7.13. The number of nitrogens with zero attached hydrogens (tertiary/aromatic N) is 3. The Labute approximate surface area is 196 Å². The lowest BCUT2D eigenvalue weighted by Gasteiger charge is -2.48. The minimum Gasteiger partial charge on any atom is -0.497 e. The number of aliphatic imine (C=N–C) groups is 1. The van der Waals surface area contributed by atoms with Crippen LogP contribution in [0.15, 0.2) is 58.9 Å². The van der Waals surface area contributed by atoms with Crippen molar-refractivity contribution < 1.29 is 9.53 Å². The van der Waals surface area contributed by atoms with Crippen LogP contribution in [0.25, 0.3) is 11.1 Å². The molecule has 0 saturated heterocycles. The molecule has 0 fully saturated rings. The minimum absolute atomic E-state index is 0.0390. The monoisotopic (exact) mass is 456 g/mol. The van der Waals surface area contributed by atoms with Crippen LogP contribution >= 0.6 is 11.3 Å². The summed E-state index contributed by atoms with van der Waals surface area (Å²) in [5, 5.41) is 11.3. The van der Waals surface area contributed by atoms with Crippen molar-refractivity contribution in [1.82, 2.24) is 4.90 Å². The van der Waals surface area contributed by atoms with E-state index in [1.54, 1.807) is 31.6 Å². The van der Waals surface area contributed by atoms with Crippen LogP contribution in [0.5, 0.6) is 5.75 Å². The lowest BCUT2D eigenvalue weighted by molar-refractivity contribution is -0.136. The van der Waals surface area contributed by atoms with Crippen molar-refractivity contribution in [2.45, 2.75) is 30.7 Å². The number of nitrogens with two attached hydrogens (primary N) is 1. The van der Waals surface area contributed by atoms with Crippen LogP contribution in [-0.4, -0.2) is 30.9 Å². The van der Waals surface area contributed by atoms with E-state index in [2.05, 4.69) is 17.5 Å². The van der Waals surface area contributed by atoms with E-state index in [0.717, 1.165) is 39.3 Å². The average molecular weight is 457 g/mol. The van der Waals surface area contributed by atoms with Gasteiger partial charge in [-0.15, -0.1) is 11.3 Å². The Hall–Kier alpha value is -3.63. The van der Waals surface area contributed by atoms with Gasteiger partial charge in [-0.1, -0.05) is 18.2 Å². The van der Waals surface area contributed by atoms with Crippen molar-refractivity contribution in [3.05, 3.63) is 75.5 Å². The molecule has 3 aromatic rings. The molecule has 1 amide bonds. The average Bonchev–Trinajstić information content (AvgIpc) is 3.48. The fourth-order valence-electron chi connectivity index (χ4n) is 5.28. The first-order valence-corrected chi connectivity index (χ1v) is 11.6. The lowest BCUT2D eigenvalue weighted by atomic mass is 9.64. The molecule has 1 spiro atoms. The first kappa shape index (κ1) is 21.2. The molecular weight excluding hydrogens is 432 g/mol. The molecule has 7 heteroatoms. The number of guanidine groups is 1. The molecule has 2 N–H and O–H groups in total. The van der Waals surface area contributed by atoms with Crippen LogP contribution < -0.4 is 10.5 Å². The topological polar surface area (TPSA) is 91.7 Å². The van der Waals surface area contributed by atoms with Gasteiger partial charge in [0.05, 0.1) is 18.7 Å². The Kier molecular flexibility index (Phi) is 4.80. The fourth-order valence-corrected chi connectivity index (χ4v) is 6.38. The molecule has 1 aliphatic carbocycles. The lowest BCUT2D eigenvalue weighted by Crippen LogP contribution is -2.62. The summed E-state index contributed by atoms with van der Waals surface area (Å²) in [5.41, 5.74) is 9.20. The Morgan fingerprint density at radius 2 is 2.03 bits per heavy atom. The Bertz CT molecular complexity index is 1350. The zero-order chi connectivity index (χ0) is 23.4. The SMILES string of the molecule is COc1ccc2c(c1)CCC21C(=O)N(C)C(N)=NC1(C)c1cc(-c2cccc(C#N)c2)cs1. The molecule has 0 radical (unpaired) electrons. The van der Waals surface area contributed by atoms with Crippen molar-refractivity contribution >= 4 is 23.2 Å². The highest BCUT2D eigenvalue weighted by molar-refractivity contribution is 7.10. The van der Waals surface area contributed by atoms with E-state index in [1.165, 1.54) is 4.90 Å². The normalized spacial score (nSPS) is 23.9. The second-order valence-electron chi connectivity index (χ2n) is 8.73. The largest absolute Gasteiger partial charge is 0.497 e. The number of hydrogen-bond donors (Lipinski definition) is 1. The molecule has 2 atom stereocenters. The number of amides is 1. The number of likely N-dealkylation sites (N-methyl/N-ethyl adjacent to an activating group) is 1. The summed E-state index contributed by atoms with van der Waals surface area (Å²) >= 11 is 1.57. The van der Waals surface area contributed by atoms with Gasteiger partial charge in [-0.05, 0) is 77.7 Å². The van der Waals surface area contributed by atoms with Gasteiger partial charge in [0.2, 0.25) is 5.91 Å². The van der Waals surface area contributed by atoms with E-state index in [4.69, 9.17) is 15.5 Å². The van der Waals surface area contributed by atoms with Gasteiger partial charge in [-0.2, -0.15) is 5.26 Å². The standard InChI is InChI=1S/C26H24N4O2S/c1-25(22-13-19(15-33-22)17-6-4-5-16(11-17)14-27)26(23(31)30(2)24(28)29-25)10-9-18-12-20(32-3)7-8-21(18)26/h4-8,11-13,15H,9-10H2,1-3H3,(H2,28,29). The highest BCUT2D eigenvalue weighted by Gasteiger charge is 2.62. The molecule has 0 bridgehead atoms. The first-order valence-electron chi connectivity index (χ1n) is 10.7. The van der Waals surface area contributed by atoms with Gasteiger partial charge in [0.1, 0.15) is 16.7 Å². The van der Waals surface area contributed by atoms with Gasteiger partial charge in [-0.25, -0.2) is 4.99 Å². The molecule has 2 aliphatic rings. The van der Waals surface area contributed by atoms with E-state index in [0.29, 0.717) is 12.0 Å². The quantitative estimate of drug-likeness (QED) is 0.640. The fraction of sp³-hybridized carbons (Fsp3) is 0.269. The molecule has 5 rings (SSSR count). The van der Waals surface area contributed by atoms with Crippen LogP contribution in [-0.2, 0) is 22.2 Å².